The molecule has 0 aromatic rings. The smallest absolute Gasteiger partial charge is 0.0252 e. The molecule has 0 bridgehead atoms. The molecule has 2 nitrogen and oxygen atoms in total. The molecular formula is C18H38N2. The second-order valence-corrected chi connectivity index (χ2v) is 6.20. The molecule has 0 spiro atoms. The fourth-order valence-corrected chi connectivity index (χ4v) is 3.85. The molecule has 0 amide bonds. The first-order valence-electron chi connectivity index (χ1n) is 9.35. The van der Waals surface area contributed by atoms with Gasteiger partial charge in [0.15, 0.2) is 0 Å². The third-order valence-electron chi connectivity index (χ3n) is 4.87. The third kappa shape index (κ3) is 5.04. The summed E-state index contributed by atoms with van der Waals surface area (Å²) in [6.45, 7) is 14.1. The minimum absolute atomic E-state index is 0.885. The molecule has 120 valence electrons. The van der Waals surface area contributed by atoms with Crippen LogP contribution in [0.4, 0.5) is 0 Å². The average Bonchev–Trinajstić information content (AvgIpc) is 2.52. The van der Waals surface area contributed by atoms with Gasteiger partial charge in [0.1, 0.15) is 0 Å². The second-order valence-electron chi connectivity index (χ2n) is 6.20. The van der Waals surface area contributed by atoms with Gasteiger partial charge in [-0.05, 0) is 64.7 Å². The highest BCUT2D eigenvalue weighted by Gasteiger charge is 2.36. The number of nitrogens with zero attached hydrogens (tertiary/aromatic N) is 2. The Morgan fingerprint density at radius 2 is 1.15 bits per heavy atom. The Morgan fingerprint density at radius 1 is 0.750 bits per heavy atom. The van der Waals surface area contributed by atoms with Gasteiger partial charge < -0.3 is 0 Å². The maximum absolute atomic E-state index is 2.82. The molecule has 2 atom stereocenters. The van der Waals surface area contributed by atoms with Crippen LogP contribution in [0.15, 0.2) is 0 Å². The van der Waals surface area contributed by atoms with E-state index < -0.39 is 0 Å². The molecule has 2 unspecified atom stereocenters. The van der Waals surface area contributed by atoms with Crippen LogP contribution in [-0.2, 0) is 0 Å². The summed E-state index contributed by atoms with van der Waals surface area (Å²) in [5.74, 6) is 0. The van der Waals surface area contributed by atoms with E-state index in [-0.39, 0.29) is 0 Å². The first-order chi connectivity index (χ1) is 9.86. The van der Waals surface area contributed by atoms with E-state index in [2.05, 4.69) is 23.6 Å². The van der Waals surface area contributed by atoms with Crippen molar-refractivity contribution in [3.05, 3.63) is 0 Å². The lowest BCUT2D eigenvalue weighted by atomic mass is 9.87. The van der Waals surface area contributed by atoms with Crippen LogP contribution < -0.4 is 0 Å². The van der Waals surface area contributed by atoms with Crippen molar-refractivity contribution in [2.75, 3.05) is 26.2 Å². The van der Waals surface area contributed by atoms with E-state index in [0.29, 0.717) is 0 Å². The molecule has 2 heterocycles. The minimum Gasteiger partial charge on any atom is -0.299 e. The Bertz CT molecular complexity index is 205. The number of rotatable bonds is 6. The molecule has 2 aliphatic rings. The van der Waals surface area contributed by atoms with Crippen LogP contribution in [0.5, 0.6) is 0 Å². The topological polar surface area (TPSA) is 6.48 Å². The predicted octanol–water partition coefficient (Wildman–Crippen LogP) is 4.54. The van der Waals surface area contributed by atoms with E-state index in [1.165, 1.54) is 77.5 Å². The van der Waals surface area contributed by atoms with Crippen LogP contribution in [0, 0.1) is 0 Å². The maximum atomic E-state index is 2.82. The van der Waals surface area contributed by atoms with E-state index in [9.17, 15) is 0 Å². The van der Waals surface area contributed by atoms with E-state index in [1.54, 1.807) is 0 Å². The Hall–Kier alpha value is -0.0800. The van der Waals surface area contributed by atoms with E-state index in [4.69, 9.17) is 0 Å². The second kappa shape index (κ2) is 10.6. The zero-order valence-corrected chi connectivity index (χ0v) is 14.5. The molecule has 0 saturated carbocycles. The van der Waals surface area contributed by atoms with Crippen LogP contribution in [0.2, 0.25) is 0 Å². The quantitative estimate of drug-likeness (QED) is 0.705. The normalized spacial score (nSPS) is 27.6. The molecule has 2 fully saturated rings. The standard InChI is InChI=1S/C16H32N2.C2H6/c1-3-5-11-17-13-7-10-16-15(17)9-8-14-18(16)12-6-4-2;1-2/h15-16H,3-14H2,1-2H3;1-2H3. The molecule has 20 heavy (non-hydrogen) atoms. The number of fused-ring (bicyclic) bond motifs is 1. The van der Waals surface area contributed by atoms with Crippen molar-refractivity contribution < 1.29 is 0 Å². The van der Waals surface area contributed by atoms with Gasteiger partial charge in [0, 0.05) is 12.1 Å². The van der Waals surface area contributed by atoms with Crippen molar-refractivity contribution in [2.24, 2.45) is 0 Å². The van der Waals surface area contributed by atoms with Crippen molar-refractivity contribution in [3.63, 3.8) is 0 Å². The van der Waals surface area contributed by atoms with Crippen LogP contribution in [0.25, 0.3) is 0 Å². The van der Waals surface area contributed by atoms with E-state index in [1.807, 2.05) is 13.8 Å². The lowest BCUT2D eigenvalue weighted by Gasteiger charge is -2.49. The van der Waals surface area contributed by atoms with Gasteiger partial charge in [-0.25, -0.2) is 0 Å². The zero-order valence-electron chi connectivity index (χ0n) is 14.5. The minimum atomic E-state index is 0.885. The average molecular weight is 283 g/mol. The van der Waals surface area contributed by atoms with Crippen LogP contribution in [-0.4, -0.2) is 48.1 Å². The van der Waals surface area contributed by atoms with Gasteiger partial charge in [0.05, 0.1) is 0 Å². The molecule has 0 aromatic heterocycles. The summed E-state index contributed by atoms with van der Waals surface area (Å²) in [5, 5.41) is 0. The summed E-state index contributed by atoms with van der Waals surface area (Å²) in [6.07, 6.45) is 11.2. The summed E-state index contributed by atoms with van der Waals surface area (Å²) >= 11 is 0. The van der Waals surface area contributed by atoms with Gasteiger partial charge in [-0.1, -0.05) is 40.5 Å². The maximum Gasteiger partial charge on any atom is 0.0252 e. The molecule has 2 saturated heterocycles. The molecule has 0 radical (unpaired) electrons. The van der Waals surface area contributed by atoms with Gasteiger partial charge in [-0.2, -0.15) is 0 Å². The summed E-state index contributed by atoms with van der Waals surface area (Å²) in [6, 6.07) is 1.77. The molecule has 2 rings (SSSR count). The van der Waals surface area contributed by atoms with Gasteiger partial charge in [-0.15, -0.1) is 0 Å². The van der Waals surface area contributed by atoms with Crippen molar-refractivity contribution >= 4 is 0 Å². The fraction of sp³-hybridized carbons (Fsp3) is 1.00. The molecule has 2 aliphatic heterocycles. The monoisotopic (exact) mass is 282 g/mol. The van der Waals surface area contributed by atoms with Crippen molar-refractivity contribution in [2.45, 2.75) is 91.1 Å². The Labute approximate surface area is 127 Å². The number of hydrogen-bond acceptors (Lipinski definition) is 2. The fourth-order valence-electron chi connectivity index (χ4n) is 3.85. The summed E-state index contributed by atoms with van der Waals surface area (Å²) in [5.41, 5.74) is 0. The highest BCUT2D eigenvalue weighted by Crippen LogP contribution is 2.30. The summed E-state index contributed by atoms with van der Waals surface area (Å²) in [4.78, 5) is 5.63. The Balaban J connectivity index is 0.000000956. The molecule has 2 heteroatoms. The highest BCUT2D eigenvalue weighted by atomic mass is 15.3. The SMILES string of the molecule is CC.CCCCN1CCCC2C1CCCN2CCCC. The van der Waals surface area contributed by atoms with Crippen LogP contribution in [0.3, 0.4) is 0 Å². The predicted molar refractivity (Wildman–Crippen MR) is 90.4 cm³/mol. The van der Waals surface area contributed by atoms with Gasteiger partial charge in [-0.3, -0.25) is 9.80 Å². The molecule has 0 N–H and O–H groups in total. The van der Waals surface area contributed by atoms with Crippen LogP contribution >= 0.6 is 0 Å². The Kier molecular flexibility index (Phi) is 9.54. The van der Waals surface area contributed by atoms with Gasteiger partial charge >= 0.3 is 0 Å². The molecule has 0 aromatic carbocycles. The lowest BCUT2D eigenvalue weighted by molar-refractivity contribution is 0.00529. The lowest BCUT2D eigenvalue weighted by Crippen LogP contribution is -2.58. The van der Waals surface area contributed by atoms with Gasteiger partial charge in [0.25, 0.3) is 0 Å². The van der Waals surface area contributed by atoms with Crippen molar-refractivity contribution in [1.29, 1.82) is 0 Å². The highest BCUT2D eigenvalue weighted by molar-refractivity contribution is 4.93. The van der Waals surface area contributed by atoms with E-state index in [0.717, 1.165) is 12.1 Å². The first kappa shape index (κ1) is 18.0. The largest absolute Gasteiger partial charge is 0.299 e. The van der Waals surface area contributed by atoms with Crippen molar-refractivity contribution in [3.8, 4) is 0 Å². The third-order valence-corrected chi connectivity index (χ3v) is 4.87. The number of unbranched alkanes of at least 4 members (excludes halogenated alkanes) is 2. The molecule has 0 aliphatic carbocycles. The zero-order chi connectivity index (χ0) is 14.8. The first-order valence-corrected chi connectivity index (χ1v) is 9.35. The van der Waals surface area contributed by atoms with Crippen LogP contribution in [0.1, 0.15) is 79.1 Å². The molecular weight excluding hydrogens is 244 g/mol. The summed E-state index contributed by atoms with van der Waals surface area (Å²) in [7, 11) is 0. The number of piperidine rings is 2. The number of hydrogen-bond donors (Lipinski definition) is 0. The van der Waals surface area contributed by atoms with Crippen molar-refractivity contribution in [1.82, 2.24) is 9.80 Å². The summed E-state index contributed by atoms with van der Waals surface area (Å²) < 4.78 is 0. The van der Waals surface area contributed by atoms with E-state index >= 15 is 0 Å². The van der Waals surface area contributed by atoms with Gasteiger partial charge in [0.2, 0.25) is 0 Å². The number of likely N-dealkylation sites (tertiary alicyclic amines) is 2. The Morgan fingerprint density at radius 3 is 1.50 bits per heavy atom.